The van der Waals surface area contributed by atoms with Gasteiger partial charge in [-0.3, -0.25) is 0 Å². The minimum absolute atomic E-state index is 0.194. The minimum Gasteiger partial charge on any atom is -0.334 e. The molecule has 0 aliphatic carbocycles. The summed E-state index contributed by atoms with van der Waals surface area (Å²) < 4.78 is 28.7. The highest BCUT2D eigenvalue weighted by Crippen LogP contribution is 2.28. The number of rotatable bonds is 2. The Labute approximate surface area is 112 Å². The first-order valence-electron chi connectivity index (χ1n) is 5.83. The summed E-state index contributed by atoms with van der Waals surface area (Å²) in [6, 6.07) is 6.61. The molecular weight excluding hydrogens is 264 g/mol. The van der Waals surface area contributed by atoms with Crippen molar-refractivity contribution >= 4 is 9.84 Å². The second kappa shape index (κ2) is 4.45. The molecule has 2 aromatic rings. The molecule has 0 saturated heterocycles. The van der Waals surface area contributed by atoms with E-state index < -0.39 is 9.84 Å². The number of hydrogen-bond acceptors (Lipinski definition) is 5. The van der Waals surface area contributed by atoms with E-state index in [1.54, 1.807) is 18.2 Å². The Bertz CT molecular complexity index is 697. The lowest BCUT2D eigenvalue weighted by Gasteiger charge is -2.10. The molecule has 0 aliphatic heterocycles. The Morgan fingerprint density at radius 3 is 2.32 bits per heavy atom. The molecule has 0 spiro atoms. The molecule has 0 fully saturated rings. The van der Waals surface area contributed by atoms with Crippen molar-refractivity contribution in [1.29, 1.82) is 0 Å². The van der Waals surface area contributed by atoms with E-state index >= 15 is 0 Å². The highest BCUT2D eigenvalue weighted by Gasteiger charge is 2.24. The molecule has 1 aromatic carbocycles. The third-order valence-electron chi connectivity index (χ3n) is 2.61. The standard InChI is InChI=1S/C13H16N2O3S/c1-13(2,3)12-14-11(18-15-12)9-7-5-6-8-10(9)19(4,16)17/h5-8H,1-4H3. The van der Waals surface area contributed by atoms with Crippen LogP contribution in [0.5, 0.6) is 0 Å². The molecule has 0 atom stereocenters. The van der Waals surface area contributed by atoms with E-state index in [9.17, 15) is 8.42 Å². The van der Waals surface area contributed by atoms with Gasteiger partial charge in [0.2, 0.25) is 0 Å². The third kappa shape index (κ3) is 2.84. The molecule has 0 aliphatic rings. The highest BCUT2D eigenvalue weighted by molar-refractivity contribution is 7.90. The number of aromatic nitrogens is 2. The van der Waals surface area contributed by atoms with E-state index in [0.717, 1.165) is 6.26 Å². The lowest BCUT2D eigenvalue weighted by Crippen LogP contribution is -2.13. The first kappa shape index (κ1) is 13.7. The Morgan fingerprint density at radius 2 is 1.79 bits per heavy atom. The molecule has 2 rings (SSSR count). The van der Waals surface area contributed by atoms with Crippen LogP contribution >= 0.6 is 0 Å². The summed E-state index contributed by atoms with van der Waals surface area (Å²) in [7, 11) is -3.34. The van der Waals surface area contributed by atoms with Crippen molar-refractivity contribution in [3.8, 4) is 11.5 Å². The fourth-order valence-corrected chi connectivity index (χ4v) is 2.48. The zero-order valence-corrected chi connectivity index (χ0v) is 12.2. The summed E-state index contributed by atoms with van der Waals surface area (Å²) in [4.78, 5) is 4.48. The van der Waals surface area contributed by atoms with Gasteiger partial charge in [-0.15, -0.1) is 0 Å². The summed E-state index contributed by atoms with van der Waals surface area (Å²) >= 11 is 0. The van der Waals surface area contributed by atoms with Crippen LogP contribution in [0.4, 0.5) is 0 Å². The topological polar surface area (TPSA) is 73.1 Å². The lowest BCUT2D eigenvalue weighted by atomic mass is 9.96. The van der Waals surface area contributed by atoms with Crippen molar-refractivity contribution in [2.75, 3.05) is 6.26 Å². The van der Waals surface area contributed by atoms with E-state index in [1.165, 1.54) is 6.07 Å². The maximum absolute atomic E-state index is 11.7. The molecule has 0 amide bonds. The van der Waals surface area contributed by atoms with Gasteiger partial charge in [-0.05, 0) is 12.1 Å². The zero-order valence-electron chi connectivity index (χ0n) is 11.3. The van der Waals surface area contributed by atoms with E-state index in [4.69, 9.17) is 4.52 Å². The van der Waals surface area contributed by atoms with Gasteiger partial charge in [0.15, 0.2) is 15.7 Å². The first-order chi connectivity index (χ1) is 8.69. The molecule has 1 heterocycles. The fourth-order valence-electron chi connectivity index (χ4n) is 1.60. The van der Waals surface area contributed by atoms with Crippen LogP contribution in [0.2, 0.25) is 0 Å². The zero-order chi connectivity index (χ0) is 14.3. The van der Waals surface area contributed by atoms with Gasteiger partial charge in [0, 0.05) is 11.7 Å². The van der Waals surface area contributed by atoms with E-state index in [0.29, 0.717) is 11.4 Å². The van der Waals surface area contributed by atoms with Crippen LogP contribution in [-0.2, 0) is 15.3 Å². The second-order valence-electron chi connectivity index (χ2n) is 5.44. The average Bonchev–Trinajstić information content (AvgIpc) is 2.76. The summed E-state index contributed by atoms with van der Waals surface area (Å²) in [6.45, 7) is 5.89. The smallest absolute Gasteiger partial charge is 0.259 e. The van der Waals surface area contributed by atoms with Crippen LogP contribution in [0.25, 0.3) is 11.5 Å². The molecule has 5 nitrogen and oxygen atoms in total. The normalized spacial score (nSPS) is 12.6. The predicted molar refractivity (Wildman–Crippen MR) is 71.5 cm³/mol. The number of sulfone groups is 1. The molecule has 6 heteroatoms. The van der Waals surface area contributed by atoms with Crippen LogP contribution < -0.4 is 0 Å². The molecule has 0 saturated carbocycles. The van der Waals surface area contributed by atoms with Gasteiger partial charge in [0.25, 0.3) is 5.89 Å². The largest absolute Gasteiger partial charge is 0.334 e. The SMILES string of the molecule is CC(C)(C)c1noc(-c2ccccc2S(C)(=O)=O)n1. The van der Waals surface area contributed by atoms with Crippen molar-refractivity contribution in [3.63, 3.8) is 0 Å². The molecule has 0 radical (unpaired) electrons. The van der Waals surface area contributed by atoms with Crippen molar-refractivity contribution in [2.24, 2.45) is 0 Å². The van der Waals surface area contributed by atoms with E-state index in [-0.39, 0.29) is 16.2 Å². The average molecular weight is 280 g/mol. The minimum atomic E-state index is -3.34. The molecule has 102 valence electrons. The van der Waals surface area contributed by atoms with E-state index in [1.807, 2.05) is 20.8 Å². The van der Waals surface area contributed by atoms with Gasteiger partial charge in [0.05, 0.1) is 10.5 Å². The van der Waals surface area contributed by atoms with Crippen LogP contribution in [0.1, 0.15) is 26.6 Å². The Balaban J connectivity index is 2.58. The Kier molecular flexibility index (Phi) is 3.22. The molecular formula is C13H16N2O3S. The lowest BCUT2D eigenvalue weighted by molar-refractivity contribution is 0.402. The molecule has 1 aromatic heterocycles. The van der Waals surface area contributed by atoms with Gasteiger partial charge in [-0.1, -0.05) is 38.1 Å². The monoisotopic (exact) mass is 280 g/mol. The summed E-state index contributed by atoms with van der Waals surface area (Å²) in [5.74, 6) is 0.775. The van der Waals surface area contributed by atoms with E-state index in [2.05, 4.69) is 10.1 Å². The van der Waals surface area contributed by atoms with Gasteiger partial charge in [0.1, 0.15) is 0 Å². The highest BCUT2D eigenvalue weighted by atomic mass is 32.2. The maximum atomic E-state index is 11.7. The predicted octanol–water partition coefficient (Wildman–Crippen LogP) is 2.44. The van der Waals surface area contributed by atoms with Crippen molar-refractivity contribution in [2.45, 2.75) is 31.1 Å². The van der Waals surface area contributed by atoms with Gasteiger partial charge >= 0.3 is 0 Å². The molecule has 0 N–H and O–H groups in total. The first-order valence-corrected chi connectivity index (χ1v) is 7.72. The molecule has 19 heavy (non-hydrogen) atoms. The van der Waals surface area contributed by atoms with Crippen molar-refractivity contribution in [3.05, 3.63) is 30.1 Å². The summed E-state index contributed by atoms with van der Waals surface area (Å²) in [6.07, 6.45) is 1.16. The van der Waals surface area contributed by atoms with Crippen LogP contribution in [0.15, 0.2) is 33.7 Å². The number of nitrogens with zero attached hydrogens (tertiary/aromatic N) is 2. The number of hydrogen-bond donors (Lipinski definition) is 0. The Morgan fingerprint density at radius 1 is 1.16 bits per heavy atom. The van der Waals surface area contributed by atoms with Crippen molar-refractivity contribution in [1.82, 2.24) is 10.1 Å². The molecule has 0 unspecified atom stereocenters. The van der Waals surface area contributed by atoms with Crippen molar-refractivity contribution < 1.29 is 12.9 Å². The molecule has 0 bridgehead atoms. The maximum Gasteiger partial charge on any atom is 0.259 e. The summed E-state index contributed by atoms with van der Waals surface area (Å²) in [5.41, 5.74) is 0.190. The summed E-state index contributed by atoms with van der Waals surface area (Å²) in [5, 5.41) is 3.91. The second-order valence-corrected chi connectivity index (χ2v) is 7.43. The Hall–Kier alpha value is -1.69. The van der Waals surface area contributed by atoms with Crippen LogP contribution in [0.3, 0.4) is 0 Å². The quantitative estimate of drug-likeness (QED) is 0.844. The van der Waals surface area contributed by atoms with Crippen LogP contribution in [-0.4, -0.2) is 24.8 Å². The van der Waals surface area contributed by atoms with Crippen LogP contribution in [0, 0.1) is 0 Å². The van der Waals surface area contributed by atoms with Gasteiger partial charge in [-0.2, -0.15) is 4.98 Å². The number of benzene rings is 1. The third-order valence-corrected chi connectivity index (χ3v) is 3.77. The fraction of sp³-hybridized carbons (Fsp3) is 0.385. The van der Waals surface area contributed by atoms with Gasteiger partial charge in [-0.25, -0.2) is 8.42 Å². The van der Waals surface area contributed by atoms with Gasteiger partial charge < -0.3 is 4.52 Å².